The van der Waals surface area contributed by atoms with Crippen LogP contribution in [0.25, 0.3) is 6.08 Å². The molecular weight excluding hydrogens is 400 g/mol. The van der Waals surface area contributed by atoms with Crippen LogP contribution in [0.1, 0.15) is 43.7 Å². The predicted octanol–water partition coefficient (Wildman–Crippen LogP) is 6.16. The number of halogens is 1. The Kier molecular flexibility index (Phi) is 9.24. The van der Waals surface area contributed by atoms with Crippen LogP contribution in [0.2, 0.25) is 5.02 Å². The highest BCUT2D eigenvalue weighted by molar-refractivity contribution is 6.32. The monoisotopic (exact) mass is 426 g/mol. The molecule has 0 unspecified atom stereocenters. The Morgan fingerprint density at radius 2 is 1.93 bits per heavy atom. The maximum Gasteiger partial charge on any atom is 0.266 e. The number of aryl methyl sites for hydroxylation is 1. The molecule has 0 aliphatic carbocycles. The molecule has 0 bridgehead atoms. The number of hydrogen-bond acceptors (Lipinski definition) is 4. The number of rotatable bonds is 10. The third-order valence-electron chi connectivity index (χ3n) is 4.48. The van der Waals surface area contributed by atoms with Gasteiger partial charge in [-0.2, -0.15) is 5.26 Å². The number of methoxy groups -OCH3 is 1. The van der Waals surface area contributed by atoms with Crippen molar-refractivity contribution in [3.8, 4) is 17.6 Å². The number of benzene rings is 2. The molecule has 0 aromatic heterocycles. The van der Waals surface area contributed by atoms with Gasteiger partial charge >= 0.3 is 0 Å². The minimum atomic E-state index is -0.493. The summed E-state index contributed by atoms with van der Waals surface area (Å²) in [6.45, 7) is 4.67. The largest absolute Gasteiger partial charge is 0.493 e. The van der Waals surface area contributed by atoms with Crippen LogP contribution in [0.5, 0.6) is 11.5 Å². The van der Waals surface area contributed by atoms with Gasteiger partial charge in [-0.15, -0.1) is 0 Å². The van der Waals surface area contributed by atoms with Crippen LogP contribution >= 0.6 is 11.6 Å². The topological polar surface area (TPSA) is 71.3 Å². The Morgan fingerprint density at radius 1 is 1.20 bits per heavy atom. The van der Waals surface area contributed by atoms with Crippen molar-refractivity contribution < 1.29 is 14.3 Å². The lowest BCUT2D eigenvalue weighted by Gasteiger charge is -2.13. The number of ether oxygens (including phenoxy) is 2. The Labute approximate surface area is 183 Å². The molecular formula is C24H27ClN2O3. The van der Waals surface area contributed by atoms with E-state index in [0.29, 0.717) is 34.4 Å². The second kappa shape index (κ2) is 11.9. The molecule has 2 aromatic rings. The van der Waals surface area contributed by atoms with E-state index < -0.39 is 5.91 Å². The minimum Gasteiger partial charge on any atom is -0.493 e. The van der Waals surface area contributed by atoms with Gasteiger partial charge in [0.05, 0.1) is 18.7 Å². The summed E-state index contributed by atoms with van der Waals surface area (Å²) in [6.07, 6.45) is 5.83. The fraction of sp³-hybridized carbons (Fsp3) is 0.333. The Bertz CT molecular complexity index is 931. The van der Waals surface area contributed by atoms with Crippen LogP contribution in [-0.2, 0) is 4.79 Å². The Morgan fingerprint density at radius 3 is 2.57 bits per heavy atom. The van der Waals surface area contributed by atoms with E-state index in [0.717, 1.165) is 24.8 Å². The van der Waals surface area contributed by atoms with Crippen molar-refractivity contribution in [2.24, 2.45) is 0 Å². The Hall–Kier alpha value is -2.97. The van der Waals surface area contributed by atoms with Gasteiger partial charge in [-0.25, -0.2) is 0 Å². The summed E-state index contributed by atoms with van der Waals surface area (Å²) in [7, 11) is 1.53. The van der Waals surface area contributed by atoms with Gasteiger partial charge in [0, 0.05) is 5.69 Å². The van der Waals surface area contributed by atoms with Gasteiger partial charge < -0.3 is 14.8 Å². The molecule has 158 valence electrons. The van der Waals surface area contributed by atoms with Crippen molar-refractivity contribution in [1.82, 2.24) is 0 Å². The number of nitrogens with one attached hydrogen (secondary N) is 1. The summed E-state index contributed by atoms with van der Waals surface area (Å²) >= 11 is 6.39. The zero-order valence-corrected chi connectivity index (χ0v) is 18.4. The molecule has 0 atom stereocenters. The van der Waals surface area contributed by atoms with Crippen molar-refractivity contribution in [3.05, 3.63) is 58.1 Å². The maximum absolute atomic E-state index is 12.5. The van der Waals surface area contributed by atoms with Crippen LogP contribution in [0.15, 0.2) is 42.0 Å². The molecule has 0 heterocycles. The predicted molar refractivity (Wildman–Crippen MR) is 121 cm³/mol. The van der Waals surface area contributed by atoms with Crippen LogP contribution in [-0.4, -0.2) is 19.6 Å². The maximum atomic E-state index is 12.5. The quantitative estimate of drug-likeness (QED) is 0.280. The Balaban J connectivity index is 2.16. The average Bonchev–Trinajstić information content (AvgIpc) is 2.74. The lowest BCUT2D eigenvalue weighted by molar-refractivity contribution is -0.112. The molecule has 0 aliphatic rings. The van der Waals surface area contributed by atoms with Gasteiger partial charge in [-0.3, -0.25) is 4.79 Å². The van der Waals surface area contributed by atoms with Crippen molar-refractivity contribution in [2.45, 2.75) is 39.5 Å². The number of anilines is 1. The summed E-state index contributed by atoms with van der Waals surface area (Å²) in [5.74, 6) is 0.434. The molecule has 30 heavy (non-hydrogen) atoms. The number of carbonyl (C=O) groups excluding carboxylic acids is 1. The van der Waals surface area contributed by atoms with E-state index in [1.165, 1.54) is 19.6 Å². The van der Waals surface area contributed by atoms with Crippen LogP contribution < -0.4 is 14.8 Å². The molecule has 2 aromatic carbocycles. The highest BCUT2D eigenvalue weighted by atomic mass is 35.5. The highest BCUT2D eigenvalue weighted by Gasteiger charge is 2.14. The number of hydrogen-bond donors (Lipinski definition) is 1. The zero-order chi connectivity index (χ0) is 21.9. The molecule has 0 aliphatic heterocycles. The summed E-state index contributed by atoms with van der Waals surface area (Å²) in [6, 6.07) is 12.6. The summed E-state index contributed by atoms with van der Waals surface area (Å²) in [5.41, 5.74) is 2.24. The molecule has 5 nitrogen and oxygen atoms in total. The van der Waals surface area contributed by atoms with Crippen LogP contribution in [0, 0.1) is 18.3 Å². The van der Waals surface area contributed by atoms with Gasteiger partial charge in [0.25, 0.3) is 5.91 Å². The van der Waals surface area contributed by atoms with E-state index in [4.69, 9.17) is 21.1 Å². The third kappa shape index (κ3) is 6.82. The number of amides is 1. The normalized spacial score (nSPS) is 11.0. The van der Waals surface area contributed by atoms with Crippen LogP contribution in [0.3, 0.4) is 0 Å². The lowest BCUT2D eigenvalue weighted by Crippen LogP contribution is -2.13. The molecule has 6 heteroatoms. The number of unbranched alkanes of at least 4 members (excludes halogenated alkanes) is 3. The fourth-order valence-corrected chi connectivity index (χ4v) is 3.09. The first-order chi connectivity index (χ1) is 14.5. The average molecular weight is 427 g/mol. The third-order valence-corrected chi connectivity index (χ3v) is 4.76. The number of carbonyl (C=O) groups is 1. The van der Waals surface area contributed by atoms with E-state index in [1.807, 2.05) is 25.1 Å². The van der Waals surface area contributed by atoms with Gasteiger partial charge in [-0.1, -0.05) is 55.5 Å². The SMILES string of the molecule is CCCCCCOc1c(Cl)cc(/C=C(/C#N)C(=O)Nc2ccc(C)cc2)cc1OC. The van der Waals surface area contributed by atoms with E-state index in [1.54, 1.807) is 24.3 Å². The first-order valence-corrected chi connectivity index (χ1v) is 10.4. The second-order valence-electron chi connectivity index (χ2n) is 6.93. The molecule has 0 fully saturated rings. The van der Waals surface area contributed by atoms with Gasteiger partial charge in [0.15, 0.2) is 11.5 Å². The van der Waals surface area contributed by atoms with Gasteiger partial charge in [0.2, 0.25) is 0 Å². The summed E-state index contributed by atoms with van der Waals surface area (Å²) in [4.78, 5) is 12.5. The number of nitriles is 1. The highest BCUT2D eigenvalue weighted by Crippen LogP contribution is 2.37. The van der Waals surface area contributed by atoms with Crippen molar-refractivity contribution >= 4 is 29.3 Å². The van der Waals surface area contributed by atoms with Gasteiger partial charge in [-0.05, 0) is 49.2 Å². The second-order valence-corrected chi connectivity index (χ2v) is 7.34. The van der Waals surface area contributed by atoms with Crippen molar-refractivity contribution in [3.63, 3.8) is 0 Å². The molecule has 1 amide bonds. The van der Waals surface area contributed by atoms with Crippen molar-refractivity contribution in [2.75, 3.05) is 19.0 Å². The molecule has 2 rings (SSSR count). The standard InChI is InChI=1S/C24H27ClN2O3/c1-4-5-6-7-12-30-23-21(25)14-18(15-22(23)29-3)13-19(16-26)24(28)27-20-10-8-17(2)9-11-20/h8-11,13-15H,4-7,12H2,1-3H3,(H,27,28)/b19-13-. The minimum absolute atomic E-state index is 0.0399. The molecule has 0 spiro atoms. The molecule has 0 radical (unpaired) electrons. The first kappa shape index (κ1) is 23.3. The van der Waals surface area contributed by atoms with E-state index in [9.17, 15) is 10.1 Å². The fourth-order valence-electron chi connectivity index (χ4n) is 2.82. The first-order valence-electron chi connectivity index (χ1n) is 9.98. The van der Waals surface area contributed by atoms with E-state index in [2.05, 4.69) is 12.2 Å². The summed E-state index contributed by atoms with van der Waals surface area (Å²) in [5, 5.41) is 12.5. The van der Waals surface area contributed by atoms with E-state index in [-0.39, 0.29) is 5.57 Å². The number of nitrogens with zero attached hydrogens (tertiary/aromatic N) is 1. The van der Waals surface area contributed by atoms with Crippen molar-refractivity contribution in [1.29, 1.82) is 5.26 Å². The van der Waals surface area contributed by atoms with Gasteiger partial charge in [0.1, 0.15) is 11.6 Å². The van der Waals surface area contributed by atoms with Crippen LogP contribution in [0.4, 0.5) is 5.69 Å². The molecule has 1 N–H and O–H groups in total. The molecule has 0 saturated heterocycles. The summed E-state index contributed by atoms with van der Waals surface area (Å²) < 4.78 is 11.2. The smallest absolute Gasteiger partial charge is 0.266 e. The zero-order valence-electron chi connectivity index (χ0n) is 17.6. The lowest BCUT2D eigenvalue weighted by atomic mass is 10.1. The van der Waals surface area contributed by atoms with E-state index >= 15 is 0 Å². The molecule has 0 saturated carbocycles.